The monoisotopic (exact) mass is 583 g/mol. The first-order valence-electron chi connectivity index (χ1n) is 14.0. The van der Waals surface area contributed by atoms with Gasteiger partial charge in [-0.2, -0.15) is 0 Å². The summed E-state index contributed by atoms with van der Waals surface area (Å²) < 4.78 is 12.1. The lowest BCUT2D eigenvalue weighted by Crippen LogP contribution is -2.52. The molecular weight excluding hydrogens is 546 g/mol. The van der Waals surface area contributed by atoms with Crippen LogP contribution in [0.15, 0.2) is 95.6 Å². The smallest absolute Gasteiger partial charge is 0.266 e. The molecule has 224 valence electrons. The van der Waals surface area contributed by atoms with Crippen molar-refractivity contribution in [2.24, 2.45) is 10.1 Å². The van der Waals surface area contributed by atoms with Crippen molar-refractivity contribution in [2.45, 2.75) is 37.6 Å². The quantitative estimate of drug-likeness (QED) is 0.0575. The Bertz CT molecular complexity index is 1470. The van der Waals surface area contributed by atoms with E-state index in [0.29, 0.717) is 42.3 Å². The van der Waals surface area contributed by atoms with Crippen molar-refractivity contribution in [3.05, 3.63) is 118 Å². The second kappa shape index (κ2) is 14.9. The van der Waals surface area contributed by atoms with E-state index < -0.39 is 11.6 Å². The van der Waals surface area contributed by atoms with Crippen LogP contribution in [0, 0.1) is 0 Å². The number of hydrogen-bond acceptors (Lipinski definition) is 8. The van der Waals surface area contributed by atoms with E-state index in [0.717, 1.165) is 16.8 Å². The van der Waals surface area contributed by atoms with Crippen molar-refractivity contribution in [3.63, 3.8) is 0 Å². The molecule has 1 aliphatic heterocycles. The number of aliphatic hydroxyl groups excluding tert-OH is 1. The summed E-state index contributed by atoms with van der Waals surface area (Å²) in [6, 6.07) is 22.6. The van der Waals surface area contributed by atoms with Crippen molar-refractivity contribution in [3.8, 4) is 5.75 Å². The molecule has 0 saturated heterocycles. The Morgan fingerprint density at radius 1 is 1.19 bits per heavy atom. The fourth-order valence-corrected chi connectivity index (χ4v) is 4.80. The van der Waals surface area contributed by atoms with Crippen molar-refractivity contribution < 1.29 is 19.4 Å². The first kappa shape index (κ1) is 31.1. The number of aliphatic hydroxyl groups is 1. The van der Waals surface area contributed by atoms with Gasteiger partial charge >= 0.3 is 0 Å². The van der Waals surface area contributed by atoms with E-state index in [1.165, 1.54) is 0 Å². The number of carbonyl (C=O) groups is 1. The van der Waals surface area contributed by atoms with Crippen molar-refractivity contribution >= 4 is 17.5 Å². The van der Waals surface area contributed by atoms with Crippen LogP contribution >= 0.6 is 0 Å². The maximum Gasteiger partial charge on any atom is 0.266 e. The highest BCUT2D eigenvalue weighted by Crippen LogP contribution is 2.44. The van der Waals surface area contributed by atoms with Gasteiger partial charge in [-0.25, -0.2) is 10.4 Å². The van der Waals surface area contributed by atoms with Gasteiger partial charge in [0.1, 0.15) is 5.75 Å². The molecule has 1 aliphatic rings. The van der Waals surface area contributed by atoms with E-state index >= 15 is 0 Å². The van der Waals surface area contributed by atoms with Crippen LogP contribution in [0.25, 0.3) is 10.4 Å². The van der Waals surface area contributed by atoms with Crippen LogP contribution in [0.4, 0.5) is 5.69 Å². The summed E-state index contributed by atoms with van der Waals surface area (Å²) in [4.78, 5) is 23.9. The Labute approximate surface area is 251 Å². The lowest BCUT2D eigenvalue weighted by molar-refractivity contribution is -0.129. The van der Waals surface area contributed by atoms with Gasteiger partial charge in [-0.05, 0) is 58.6 Å². The van der Waals surface area contributed by atoms with Gasteiger partial charge in [-0.15, -0.1) is 6.58 Å². The normalized spacial score (nSPS) is 17.3. The average molecular weight is 584 g/mol. The molecule has 1 heterocycles. The summed E-state index contributed by atoms with van der Waals surface area (Å²) in [6.45, 7) is 4.86. The average Bonchev–Trinajstić information content (AvgIpc) is 3.41. The van der Waals surface area contributed by atoms with Crippen molar-refractivity contribution in [1.82, 2.24) is 10.9 Å². The lowest BCUT2D eigenvalue weighted by Gasteiger charge is -2.30. The summed E-state index contributed by atoms with van der Waals surface area (Å²) >= 11 is 0. The molecule has 0 radical (unpaired) electrons. The van der Waals surface area contributed by atoms with Crippen molar-refractivity contribution in [2.75, 3.05) is 32.2 Å². The van der Waals surface area contributed by atoms with Gasteiger partial charge in [0, 0.05) is 56.3 Å². The largest absolute Gasteiger partial charge is 0.494 e. The summed E-state index contributed by atoms with van der Waals surface area (Å²) in [7, 11) is 3.96. The number of ether oxygens (including phenoxy) is 2. The Hall–Kier alpha value is -4.83. The second-order valence-electron chi connectivity index (χ2n) is 10.2. The molecule has 11 heteroatoms. The first-order valence-corrected chi connectivity index (χ1v) is 14.0. The minimum atomic E-state index is -1.40. The zero-order chi connectivity index (χ0) is 30.7. The van der Waals surface area contributed by atoms with Crippen LogP contribution < -0.4 is 20.5 Å². The van der Waals surface area contributed by atoms with E-state index in [1.54, 1.807) is 18.2 Å². The number of aliphatic imine (C=N–C) groups is 1. The van der Waals surface area contributed by atoms with Gasteiger partial charge in [0.25, 0.3) is 5.91 Å². The third-order valence-corrected chi connectivity index (χ3v) is 7.07. The molecule has 2 atom stereocenters. The van der Waals surface area contributed by atoms with Gasteiger partial charge in [0.05, 0.1) is 13.2 Å². The summed E-state index contributed by atoms with van der Waals surface area (Å²) in [5.74, 6) is 0.548. The molecule has 3 aromatic rings. The van der Waals surface area contributed by atoms with Gasteiger partial charge in [-0.1, -0.05) is 47.6 Å². The molecule has 1 amide bonds. The SMILES string of the molecule is C=CC[C@]1(C(=O)NNCc2ccc(N(C)C)cc2)N=C(c2ccc(OCCCO)cc2)O[C@H]1c1ccccc1CN=[N+]=[N-]. The predicted molar refractivity (Wildman–Crippen MR) is 167 cm³/mol. The Kier molecular flexibility index (Phi) is 10.8. The minimum Gasteiger partial charge on any atom is -0.494 e. The zero-order valence-corrected chi connectivity index (χ0v) is 24.4. The van der Waals surface area contributed by atoms with Gasteiger partial charge < -0.3 is 19.5 Å². The predicted octanol–water partition coefficient (Wildman–Crippen LogP) is 4.98. The Morgan fingerprint density at radius 3 is 2.60 bits per heavy atom. The van der Waals surface area contributed by atoms with Gasteiger partial charge in [0.15, 0.2) is 11.6 Å². The molecule has 0 spiro atoms. The first-order chi connectivity index (χ1) is 20.9. The topological polar surface area (TPSA) is 144 Å². The number of azide groups is 1. The number of hydrazine groups is 1. The van der Waals surface area contributed by atoms with Crippen molar-refractivity contribution in [1.29, 1.82) is 0 Å². The summed E-state index contributed by atoms with van der Waals surface area (Å²) in [5, 5.41) is 12.8. The molecule has 0 aromatic heterocycles. The number of nitrogens with zero attached hydrogens (tertiary/aromatic N) is 5. The number of benzene rings is 3. The van der Waals surface area contributed by atoms with E-state index in [2.05, 4.69) is 27.5 Å². The van der Waals surface area contributed by atoms with Crippen LogP contribution in [0.2, 0.25) is 0 Å². The van der Waals surface area contributed by atoms with Crippen LogP contribution in [-0.4, -0.2) is 49.8 Å². The van der Waals surface area contributed by atoms with E-state index in [9.17, 15) is 4.79 Å². The molecule has 4 rings (SSSR count). The second-order valence-corrected chi connectivity index (χ2v) is 10.2. The molecule has 0 saturated carbocycles. The van der Waals surface area contributed by atoms with E-state index in [1.807, 2.05) is 79.7 Å². The van der Waals surface area contributed by atoms with Crippen LogP contribution in [-0.2, 0) is 22.6 Å². The third-order valence-electron chi connectivity index (χ3n) is 7.07. The molecule has 3 N–H and O–H groups in total. The number of carbonyl (C=O) groups excluding carboxylic acids is 1. The third kappa shape index (κ3) is 7.52. The molecule has 11 nitrogen and oxygen atoms in total. The maximum absolute atomic E-state index is 14.0. The molecular formula is C32H37N7O4. The number of rotatable bonds is 15. The maximum atomic E-state index is 14.0. The number of nitrogens with one attached hydrogen (secondary N) is 2. The number of anilines is 1. The highest BCUT2D eigenvalue weighted by molar-refractivity contribution is 6.01. The lowest BCUT2D eigenvalue weighted by atomic mass is 9.83. The fourth-order valence-electron chi connectivity index (χ4n) is 4.80. The highest BCUT2D eigenvalue weighted by Gasteiger charge is 2.53. The number of hydrogen-bond donors (Lipinski definition) is 3. The van der Waals surface area contributed by atoms with E-state index in [4.69, 9.17) is 25.1 Å². The minimum absolute atomic E-state index is 0.0519. The molecule has 0 fully saturated rings. The Balaban J connectivity index is 1.64. The van der Waals surface area contributed by atoms with E-state index in [-0.39, 0.29) is 25.5 Å². The fraction of sp³-hybridized carbons (Fsp3) is 0.312. The zero-order valence-electron chi connectivity index (χ0n) is 24.4. The number of amides is 1. The van der Waals surface area contributed by atoms with Gasteiger partial charge in [-0.3, -0.25) is 10.2 Å². The van der Waals surface area contributed by atoms with Crippen LogP contribution in [0.1, 0.15) is 41.2 Å². The Morgan fingerprint density at radius 2 is 1.93 bits per heavy atom. The molecule has 0 aliphatic carbocycles. The van der Waals surface area contributed by atoms with Crippen LogP contribution in [0.5, 0.6) is 5.75 Å². The highest BCUT2D eigenvalue weighted by atomic mass is 16.5. The molecule has 43 heavy (non-hydrogen) atoms. The molecule has 3 aromatic carbocycles. The van der Waals surface area contributed by atoms with Crippen LogP contribution in [0.3, 0.4) is 0 Å². The molecule has 0 unspecified atom stereocenters. The standard InChI is InChI=1S/C32H37N7O4/c1-4-18-32(31(41)37-34-21-23-10-14-26(15-11-23)39(2)3)29(28-9-6-5-8-25(28)22-35-38-33)43-30(36-32)24-12-16-27(17-13-24)42-20-7-19-40/h4-6,8-17,29,34,40H,1,7,18-22H2,2-3H3,(H,37,41)/t29-,32-/m0/s1. The summed E-state index contributed by atoms with van der Waals surface area (Å²) in [6.07, 6.45) is 1.54. The summed E-state index contributed by atoms with van der Waals surface area (Å²) in [5.41, 5.74) is 17.6. The van der Waals surface area contributed by atoms with Gasteiger partial charge in [0.2, 0.25) is 5.90 Å². The molecule has 0 bridgehead atoms.